The Morgan fingerprint density at radius 3 is 2.09 bits per heavy atom. The van der Waals surface area contributed by atoms with Gasteiger partial charge < -0.3 is 13.9 Å². The first-order valence-corrected chi connectivity index (χ1v) is 17.4. The lowest BCUT2D eigenvalue weighted by atomic mass is 9.81. The minimum Gasteiger partial charge on any atom is -0.344 e. The summed E-state index contributed by atoms with van der Waals surface area (Å²) < 4.78 is 4.52. The lowest BCUT2D eigenvalue weighted by Crippen LogP contribution is -2.37. The molecule has 5 rings (SSSR count). The van der Waals surface area contributed by atoms with E-state index in [0.717, 1.165) is 53.6 Å². The number of hydrogen-bond acceptors (Lipinski definition) is 1. The van der Waals surface area contributed by atoms with Gasteiger partial charge in [-0.3, -0.25) is 0 Å². The van der Waals surface area contributed by atoms with Crippen LogP contribution < -0.4 is 4.90 Å². The summed E-state index contributed by atoms with van der Waals surface area (Å²) in [6.45, 7) is 13.8. The Morgan fingerprint density at radius 1 is 0.766 bits per heavy atom. The zero-order valence-electron chi connectivity index (χ0n) is 30.8. The van der Waals surface area contributed by atoms with Crippen LogP contribution in [0.15, 0.2) is 103 Å². The van der Waals surface area contributed by atoms with Gasteiger partial charge in [0.15, 0.2) is 12.3 Å². The molecule has 4 nitrogen and oxygen atoms in total. The molecule has 247 valence electrons. The van der Waals surface area contributed by atoms with Gasteiger partial charge in [-0.25, -0.2) is 0 Å². The molecule has 47 heavy (non-hydrogen) atoms. The van der Waals surface area contributed by atoms with Crippen molar-refractivity contribution in [2.24, 2.45) is 0 Å². The SMILES string of the molecule is CC1(C)C(/C=C/C(=C/C=C2/N(CCC[N+](C)(C)C)c3ccccc3C2(C)C)c2[c]cccc2)=[N+](CCC[N+](C)(C)C)c2ccccc21. The molecule has 0 N–H and O–H groups in total. The molecule has 0 aliphatic carbocycles. The molecule has 0 spiro atoms. The van der Waals surface area contributed by atoms with Crippen LogP contribution >= 0.6 is 0 Å². The van der Waals surface area contributed by atoms with E-state index in [1.165, 1.54) is 39.5 Å². The average molecular weight is 631 g/mol. The predicted octanol–water partition coefficient (Wildman–Crippen LogP) is 8.38. The van der Waals surface area contributed by atoms with E-state index in [9.17, 15) is 0 Å². The van der Waals surface area contributed by atoms with Crippen LogP contribution in [0.25, 0.3) is 5.57 Å². The number of fused-ring (bicyclic) bond motifs is 2. The van der Waals surface area contributed by atoms with Crippen LogP contribution in [0.2, 0.25) is 0 Å². The fraction of sp³-hybridized carbons (Fsp3) is 0.419. The van der Waals surface area contributed by atoms with Crippen molar-refractivity contribution in [2.75, 3.05) is 73.4 Å². The first kappa shape index (κ1) is 34.6. The number of anilines is 1. The summed E-state index contributed by atoms with van der Waals surface area (Å²) in [7, 11) is 13.7. The standard InChI is InChI=1S/C43H58N4/c1-42(2)36-22-14-16-24-38(36)44(30-18-32-46(5,6)7)40(42)28-26-35(34-20-12-11-13-21-34)27-29-41-43(3,4)37-23-15-17-25-39(37)45(41)31-19-33-47(8,9)10/h11-17,20,22-29H,18-19,30-33H2,1-10H3/q+3. The summed E-state index contributed by atoms with van der Waals surface area (Å²) in [5.41, 5.74) is 10.3. The molecule has 0 saturated carbocycles. The molecule has 2 aliphatic heterocycles. The number of hydrogen-bond donors (Lipinski definition) is 0. The number of benzene rings is 3. The van der Waals surface area contributed by atoms with Gasteiger partial charge in [0.25, 0.3) is 0 Å². The number of nitrogens with zero attached hydrogens (tertiary/aromatic N) is 4. The third-order valence-electron chi connectivity index (χ3n) is 9.88. The molecule has 0 bridgehead atoms. The van der Waals surface area contributed by atoms with Crippen molar-refractivity contribution in [1.82, 2.24) is 0 Å². The molecule has 0 fully saturated rings. The van der Waals surface area contributed by atoms with E-state index in [1.807, 2.05) is 6.07 Å². The lowest BCUT2D eigenvalue weighted by Gasteiger charge is -2.29. The smallest absolute Gasteiger partial charge is 0.209 e. The zero-order chi connectivity index (χ0) is 34.0. The van der Waals surface area contributed by atoms with Crippen LogP contribution in [0.3, 0.4) is 0 Å². The van der Waals surface area contributed by atoms with E-state index in [0.29, 0.717) is 0 Å². The maximum absolute atomic E-state index is 3.53. The Bertz CT molecular complexity index is 1690. The third-order valence-corrected chi connectivity index (χ3v) is 9.88. The maximum Gasteiger partial charge on any atom is 0.209 e. The largest absolute Gasteiger partial charge is 0.344 e. The summed E-state index contributed by atoms with van der Waals surface area (Å²) >= 11 is 0. The maximum atomic E-state index is 3.53. The van der Waals surface area contributed by atoms with Crippen LogP contribution in [0, 0.1) is 6.07 Å². The second-order valence-electron chi connectivity index (χ2n) is 16.5. The van der Waals surface area contributed by atoms with E-state index in [-0.39, 0.29) is 10.8 Å². The van der Waals surface area contributed by atoms with Crippen molar-refractivity contribution < 1.29 is 13.5 Å². The molecule has 2 aliphatic rings. The Kier molecular flexibility index (Phi) is 9.87. The van der Waals surface area contributed by atoms with E-state index in [2.05, 4.69) is 177 Å². The molecule has 4 heteroatoms. The highest BCUT2D eigenvalue weighted by Crippen LogP contribution is 2.48. The van der Waals surface area contributed by atoms with Crippen molar-refractivity contribution in [2.45, 2.75) is 51.4 Å². The first-order chi connectivity index (χ1) is 22.1. The molecule has 0 aromatic heterocycles. The van der Waals surface area contributed by atoms with Crippen LogP contribution in [-0.4, -0.2) is 87.7 Å². The summed E-state index contributed by atoms with van der Waals surface area (Å²) in [6, 6.07) is 29.8. The quantitative estimate of drug-likeness (QED) is 0.111. The van der Waals surface area contributed by atoms with Gasteiger partial charge in [0.1, 0.15) is 0 Å². The third kappa shape index (κ3) is 7.71. The van der Waals surface area contributed by atoms with Gasteiger partial charge in [0.2, 0.25) is 5.69 Å². The second-order valence-corrected chi connectivity index (χ2v) is 16.5. The summed E-state index contributed by atoms with van der Waals surface area (Å²) in [4.78, 5) is 2.57. The van der Waals surface area contributed by atoms with Crippen molar-refractivity contribution in [1.29, 1.82) is 0 Å². The van der Waals surface area contributed by atoms with E-state index in [4.69, 9.17) is 0 Å². The zero-order valence-corrected chi connectivity index (χ0v) is 30.8. The Hall–Kier alpha value is -3.73. The van der Waals surface area contributed by atoms with Gasteiger partial charge in [-0.15, -0.1) is 0 Å². The normalized spacial score (nSPS) is 18.4. The minimum absolute atomic E-state index is 0.0922. The van der Waals surface area contributed by atoms with E-state index in [1.54, 1.807) is 0 Å². The number of para-hydroxylation sites is 2. The summed E-state index contributed by atoms with van der Waals surface area (Å²) in [5.74, 6) is 0. The topological polar surface area (TPSA) is 6.25 Å². The van der Waals surface area contributed by atoms with Gasteiger partial charge in [-0.1, -0.05) is 80.6 Å². The molecular formula is C43H58N4+3. The van der Waals surface area contributed by atoms with Crippen LogP contribution in [0.5, 0.6) is 0 Å². The number of quaternary nitrogens is 2. The van der Waals surface area contributed by atoms with Crippen molar-refractivity contribution in [3.63, 3.8) is 0 Å². The first-order valence-electron chi connectivity index (χ1n) is 17.4. The molecule has 0 atom stereocenters. The molecule has 0 unspecified atom stereocenters. The Morgan fingerprint density at radius 2 is 1.40 bits per heavy atom. The highest BCUT2D eigenvalue weighted by Gasteiger charge is 2.44. The molecule has 1 radical (unpaired) electrons. The van der Waals surface area contributed by atoms with Gasteiger partial charge in [-0.05, 0) is 54.8 Å². The van der Waals surface area contributed by atoms with Crippen LogP contribution in [0.1, 0.15) is 57.2 Å². The molecule has 3 aromatic carbocycles. The predicted molar refractivity (Wildman–Crippen MR) is 202 cm³/mol. The van der Waals surface area contributed by atoms with E-state index < -0.39 is 0 Å². The highest BCUT2D eigenvalue weighted by atomic mass is 15.3. The van der Waals surface area contributed by atoms with E-state index >= 15 is 0 Å². The van der Waals surface area contributed by atoms with Crippen molar-refractivity contribution in [3.05, 3.63) is 126 Å². The highest BCUT2D eigenvalue weighted by molar-refractivity contribution is 6.04. The number of allylic oxidation sites excluding steroid dienone is 6. The lowest BCUT2D eigenvalue weighted by molar-refractivity contribution is -0.871. The Balaban J connectivity index is 1.57. The van der Waals surface area contributed by atoms with Gasteiger partial charge in [0, 0.05) is 47.5 Å². The average Bonchev–Trinajstić information content (AvgIpc) is 3.35. The number of rotatable bonds is 12. The fourth-order valence-electron chi connectivity index (χ4n) is 7.32. The van der Waals surface area contributed by atoms with Gasteiger partial charge >= 0.3 is 0 Å². The second kappa shape index (κ2) is 13.4. The molecule has 0 amide bonds. The summed E-state index contributed by atoms with van der Waals surface area (Å²) in [5, 5.41) is 0. The van der Waals surface area contributed by atoms with Gasteiger partial charge in [-0.2, -0.15) is 4.58 Å². The molecule has 0 saturated heterocycles. The van der Waals surface area contributed by atoms with Crippen LogP contribution in [-0.2, 0) is 10.8 Å². The van der Waals surface area contributed by atoms with Crippen molar-refractivity contribution in [3.8, 4) is 0 Å². The minimum atomic E-state index is -0.0922. The van der Waals surface area contributed by atoms with Crippen molar-refractivity contribution >= 4 is 22.7 Å². The monoisotopic (exact) mass is 630 g/mol. The molecule has 3 aromatic rings. The van der Waals surface area contributed by atoms with Gasteiger partial charge in [0.05, 0.1) is 67.2 Å². The molecular weight excluding hydrogens is 573 g/mol. The molecule has 2 heterocycles. The van der Waals surface area contributed by atoms with Crippen LogP contribution in [0.4, 0.5) is 11.4 Å². The fourth-order valence-corrected chi connectivity index (χ4v) is 7.32. The summed E-state index contributed by atoms with van der Waals surface area (Å²) in [6.07, 6.45) is 11.7. The Labute approximate surface area is 285 Å².